The number of nitrogens with one attached hydrogen (secondary N) is 1. The lowest BCUT2D eigenvalue weighted by atomic mass is 9.97. The fraction of sp³-hybridized carbons (Fsp3) is 0.435. The number of carbonyl (C=O) groups is 1. The standard InChI is InChI=1S/C23H26F3IN4O/c1-29-7-2-8-30(10-9-29)12-15-13-31(14-15)23(32)17-4-5-18(24)21(26)22(17)28-20-6-3-16(27)11-19(20)25/h3-6,11,15,28H,2,7-10,12-14H2,1H3. The van der Waals surface area contributed by atoms with Gasteiger partial charge in [0.25, 0.3) is 5.91 Å². The molecule has 4 rings (SSSR count). The number of halogens is 4. The van der Waals surface area contributed by atoms with E-state index < -0.39 is 17.5 Å². The van der Waals surface area contributed by atoms with Crippen molar-refractivity contribution in [3.8, 4) is 0 Å². The molecule has 2 aliphatic rings. The largest absolute Gasteiger partial charge is 0.350 e. The maximum atomic E-state index is 14.6. The van der Waals surface area contributed by atoms with E-state index in [0.29, 0.717) is 22.6 Å². The number of nitrogens with zero attached hydrogens (tertiary/aromatic N) is 3. The average Bonchev–Trinajstić information content (AvgIpc) is 2.93. The average molecular weight is 558 g/mol. The van der Waals surface area contributed by atoms with Gasteiger partial charge >= 0.3 is 0 Å². The smallest absolute Gasteiger partial charge is 0.256 e. The summed E-state index contributed by atoms with van der Waals surface area (Å²) < 4.78 is 43.5. The molecule has 5 nitrogen and oxygen atoms in total. The van der Waals surface area contributed by atoms with Crippen molar-refractivity contribution in [1.82, 2.24) is 14.7 Å². The molecule has 0 radical (unpaired) electrons. The third kappa shape index (κ3) is 5.20. The maximum absolute atomic E-state index is 14.6. The molecule has 172 valence electrons. The van der Waals surface area contributed by atoms with Crippen LogP contribution in [0, 0.1) is 26.9 Å². The van der Waals surface area contributed by atoms with E-state index in [4.69, 9.17) is 0 Å². The molecule has 0 unspecified atom stereocenters. The summed E-state index contributed by atoms with van der Waals surface area (Å²) in [6.07, 6.45) is 1.13. The number of hydrogen-bond donors (Lipinski definition) is 1. The van der Waals surface area contributed by atoms with Crippen molar-refractivity contribution in [2.75, 3.05) is 58.2 Å². The van der Waals surface area contributed by atoms with Gasteiger partial charge in [-0.15, -0.1) is 0 Å². The highest BCUT2D eigenvalue weighted by Crippen LogP contribution is 2.31. The van der Waals surface area contributed by atoms with Crippen molar-refractivity contribution < 1.29 is 18.0 Å². The number of hydrogen-bond acceptors (Lipinski definition) is 4. The fourth-order valence-electron chi connectivity index (χ4n) is 4.25. The van der Waals surface area contributed by atoms with Crippen LogP contribution in [0.25, 0.3) is 0 Å². The molecule has 32 heavy (non-hydrogen) atoms. The number of amides is 1. The molecule has 2 saturated heterocycles. The van der Waals surface area contributed by atoms with Gasteiger partial charge in [-0.3, -0.25) is 4.79 Å². The molecule has 2 aliphatic heterocycles. The maximum Gasteiger partial charge on any atom is 0.256 e. The molecule has 2 aromatic carbocycles. The molecule has 2 aromatic rings. The zero-order chi connectivity index (χ0) is 22.8. The predicted molar refractivity (Wildman–Crippen MR) is 127 cm³/mol. The van der Waals surface area contributed by atoms with Gasteiger partial charge in [-0.05, 0) is 79.5 Å². The van der Waals surface area contributed by atoms with E-state index in [1.807, 2.05) is 22.6 Å². The minimum atomic E-state index is -1.19. The highest BCUT2D eigenvalue weighted by Gasteiger charge is 2.34. The second kappa shape index (κ2) is 9.96. The van der Waals surface area contributed by atoms with Crippen molar-refractivity contribution in [3.05, 3.63) is 56.9 Å². The van der Waals surface area contributed by atoms with Crippen molar-refractivity contribution in [1.29, 1.82) is 0 Å². The van der Waals surface area contributed by atoms with Crippen LogP contribution >= 0.6 is 22.6 Å². The first-order valence-corrected chi connectivity index (χ1v) is 11.8. The van der Waals surface area contributed by atoms with Crippen LogP contribution in [0.5, 0.6) is 0 Å². The molecule has 1 amide bonds. The quantitative estimate of drug-likeness (QED) is 0.560. The van der Waals surface area contributed by atoms with Gasteiger partial charge < -0.3 is 20.0 Å². The van der Waals surface area contributed by atoms with E-state index in [-0.39, 0.29) is 22.8 Å². The Balaban J connectivity index is 1.44. The van der Waals surface area contributed by atoms with Crippen LogP contribution in [0.15, 0.2) is 30.3 Å². The van der Waals surface area contributed by atoms with E-state index in [2.05, 4.69) is 22.2 Å². The van der Waals surface area contributed by atoms with Crippen molar-refractivity contribution in [2.45, 2.75) is 6.42 Å². The molecule has 9 heteroatoms. The van der Waals surface area contributed by atoms with Gasteiger partial charge in [0.05, 0.1) is 16.9 Å². The number of benzene rings is 2. The number of rotatable bonds is 5. The van der Waals surface area contributed by atoms with Gasteiger partial charge in [-0.2, -0.15) is 0 Å². The second-order valence-corrected chi connectivity index (χ2v) is 9.81. The van der Waals surface area contributed by atoms with Crippen LogP contribution < -0.4 is 5.32 Å². The van der Waals surface area contributed by atoms with Gasteiger partial charge in [-0.1, -0.05) is 0 Å². The van der Waals surface area contributed by atoms with Gasteiger partial charge in [0.15, 0.2) is 11.6 Å². The number of carbonyl (C=O) groups excluding carboxylic acids is 1. The molecule has 1 N–H and O–H groups in total. The number of anilines is 2. The predicted octanol–water partition coefficient (Wildman–Crippen LogP) is 4.16. The molecule has 2 fully saturated rings. The molecular weight excluding hydrogens is 532 g/mol. The summed E-state index contributed by atoms with van der Waals surface area (Å²) >= 11 is 1.96. The van der Waals surface area contributed by atoms with Crippen molar-refractivity contribution in [2.24, 2.45) is 5.92 Å². The van der Waals surface area contributed by atoms with Gasteiger partial charge in [0.1, 0.15) is 5.82 Å². The van der Waals surface area contributed by atoms with E-state index in [0.717, 1.165) is 45.2 Å². The van der Waals surface area contributed by atoms with Crippen molar-refractivity contribution in [3.63, 3.8) is 0 Å². The summed E-state index contributed by atoms with van der Waals surface area (Å²) in [5, 5.41) is 2.60. The van der Waals surface area contributed by atoms with E-state index in [9.17, 15) is 18.0 Å². The Hall–Kier alpha value is -1.85. The van der Waals surface area contributed by atoms with Crippen LogP contribution in [0.2, 0.25) is 0 Å². The van der Waals surface area contributed by atoms with E-state index in [1.165, 1.54) is 18.2 Å². The lowest BCUT2D eigenvalue weighted by Crippen LogP contribution is -2.54. The fourth-order valence-corrected chi connectivity index (χ4v) is 4.70. The van der Waals surface area contributed by atoms with Crippen LogP contribution in [0.4, 0.5) is 24.5 Å². The summed E-state index contributed by atoms with van der Waals surface area (Å²) in [5.74, 6) is -2.92. The lowest BCUT2D eigenvalue weighted by Gasteiger charge is -2.41. The summed E-state index contributed by atoms with van der Waals surface area (Å²) in [5.41, 5.74) is -0.359. The third-order valence-electron chi connectivity index (χ3n) is 6.09. The first-order chi connectivity index (χ1) is 15.3. The number of likely N-dealkylation sites (tertiary alicyclic amines) is 1. The molecule has 0 bridgehead atoms. The Bertz CT molecular complexity index is 999. The highest BCUT2D eigenvalue weighted by molar-refractivity contribution is 14.1. The Morgan fingerprint density at radius 1 is 1.06 bits per heavy atom. The molecule has 0 saturated carbocycles. The lowest BCUT2D eigenvalue weighted by molar-refractivity contribution is 0.0417. The van der Waals surface area contributed by atoms with Crippen LogP contribution in [0.1, 0.15) is 16.8 Å². The van der Waals surface area contributed by atoms with Gasteiger partial charge in [-0.25, -0.2) is 13.2 Å². The first kappa shape index (κ1) is 23.3. The van der Waals surface area contributed by atoms with E-state index >= 15 is 0 Å². The number of likely N-dealkylation sites (N-methyl/N-ethyl adjacent to an activating group) is 1. The first-order valence-electron chi connectivity index (χ1n) is 10.7. The Labute approximate surface area is 199 Å². The van der Waals surface area contributed by atoms with Crippen molar-refractivity contribution >= 4 is 39.9 Å². The molecular formula is C23H26F3IN4O. The summed E-state index contributed by atoms with van der Waals surface area (Å²) in [4.78, 5) is 19.4. The van der Waals surface area contributed by atoms with E-state index in [1.54, 1.807) is 11.0 Å². The molecule has 0 aliphatic carbocycles. The monoisotopic (exact) mass is 558 g/mol. The zero-order valence-corrected chi connectivity index (χ0v) is 20.0. The Kier molecular flexibility index (Phi) is 7.26. The molecule has 0 spiro atoms. The minimum Gasteiger partial charge on any atom is -0.350 e. The summed E-state index contributed by atoms with van der Waals surface area (Å²) in [7, 11) is 2.13. The van der Waals surface area contributed by atoms with Crippen LogP contribution in [-0.2, 0) is 0 Å². The van der Waals surface area contributed by atoms with Crippen LogP contribution in [0.3, 0.4) is 0 Å². The second-order valence-electron chi connectivity index (χ2n) is 8.57. The topological polar surface area (TPSA) is 38.8 Å². The Morgan fingerprint density at radius 2 is 1.84 bits per heavy atom. The Morgan fingerprint density at radius 3 is 2.59 bits per heavy atom. The van der Waals surface area contributed by atoms with Gasteiger partial charge in [0, 0.05) is 42.2 Å². The zero-order valence-electron chi connectivity index (χ0n) is 17.9. The summed E-state index contributed by atoms with van der Waals surface area (Å²) in [6.45, 7) is 6.26. The van der Waals surface area contributed by atoms with Crippen LogP contribution in [-0.4, -0.2) is 73.5 Å². The third-order valence-corrected chi connectivity index (χ3v) is 6.76. The molecule has 0 atom stereocenters. The molecule has 0 aromatic heterocycles. The highest BCUT2D eigenvalue weighted by atomic mass is 127. The summed E-state index contributed by atoms with van der Waals surface area (Å²) in [6, 6.07) is 6.55. The normalized spacial score (nSPS) is 18.3. The SMILES string of the molecule is CN1CCCN(CC2CN(C(=O)c3ccc(F)c(F)c3Nc3ccc(I)cc3F)C2)CC1. The molecule has 2 heterocycles. The van der Waals surface area contributed by atoms with Gasteiger partial charge in [0.2, 0.25) is 0 Å². The minimum absolute atomic E-state index is 0.00306.